The molecule has 0 amide bonds. The molecule has 0 unspecified atom stereocenters. The van der Waals surface area contributed by atoms with Crippen LogP contribution in [0, 0.1) is 0 Å². The van der Waals surface area contributed by atoms with Crippen LogP contribution in [0.15, 0.2) is 194 Å². The minimum Gasteiger partial charge on any atom is -0.228 e. The number of hydrogen-bond acceptors (Lipinski definition) is 2. The van der Waals surface area contributed by atoms with E-state index in [0.717, 1.165) is 33.6 Å². The summed E-state index contributed by atoms with van der Waals surface area (Å²) in [7, 11) is 0. The molecule has 0 atom stereocenters. The molecule has 1 aliphatic carbocycles. The third kappa shape index (κ3) is 5.84. The van der Waals surface area contributed by atoms with E-state index in [1.807, 2.05) is 12.1 Å². The minimum absolute atomic E-state index is 0.0715. The van der Waals surface area contributed by atoms with Gasteiger partial charge in [0.05, 0.1) is 11.4 Å². The van der Waals surface area contributed by atoms with Crippen LogP contribution in [0.1, 0.15) is 25.0 Å². The lowest BCUT2D eigenvalue weighted by Gasteiger charge is -2.22. The van der Waals surface area contributed by atoms with Crippen molar-refractivity contribution >= 4 is 10.8 Å². The van der Waals surface area contributed by atoms with E-state index in [9.17, 15) is 0 Å². The topological polar surface area (TPSA) is 25.8 Å². The maximum Gasteiger partial charge on any atom is 0.160 e. The summed E-state index contributed by atoms with van der Waals surface area (Å²) in [5.41, 5.74) is 17.5. The molecule has 1 aromatic heterocycles. The molecule has 260 valence electrons. The largest absolute Gasteiger partial charge is 0.228 e. The quantitative estimate of drug-likeness (QED) is 0.172. The molecule has 55 heavy (non-hydrogen) atoms. The fraction of sp³-hybridized carbons (Fsp3) is 0.0566. The van der Waals surface area contributed by atoms with E-state index >= 15 is 0 Å². The Bertz CT molecular complexity index is 2850. The van der Waals surface area contributed by atoms with Gasteiger partial charge in [0.25, 0.3) is 0 Å². The lowest BCUT2D eigenvalue weighted by Crippen LogP contribution is -2.15. The standard InChI is InChI=1S/C53H38N2/c1-53(2)47-31-29-39-14-9-10-19-45(39)51(47)46-30-28-43(33-48(46)53)38-22-20-37(21-23-38)42-17-11-18-44(32-42)50-34-49(40-15-7-4-8-16-40)54-52(55-50)41-26-24-36(25-27-41)35-12-5-3-6-13-35/h3-34H,1-2H3. The van der Waals surface area contributed by atoms with E-state index in [1.54, 1.807) is 0 Å². The van der Waals surface area contributed by atoms with Gasteiger partial charge in [-0.25, -0.2) is 9.97 Å². The van der Waals surface area contributed by atoms with Gasteiger partial charge in [-0.1, -0.05) is 190 Å². The van der Waals surface area contributed by atoms with Crippen LogP contribution in [-0.4, -0.2) is 9.97 Å². The minimum atomic E-state index is -0.0715. The fourth-order valence-electron chi connectivity index (χ4n) is 8.32. The van der Waals surface area contributed by atoms with Gasteiger partial charge in [0, 0.05) is 22.1 Å². The van der Waals surface area contributed by atoms with Crippen molar-refractivity contribution in [1.29, 1.82) is 0 Å². The van der Waals surface area contributed by atoms with Crippen molar-refractivity contribution in [3.63, 3.8) is 0 Å². The molecule has 8 aromatic carbocycles. The third-order valence-corrected chi connectivity index (χ3v) is 11.3. The second kappa shape index (κ2) is 13.2. The molecule has 1 aliphatic rings. The summed E-state index contributed by atoms with van der Waals surface area (Å²) in [5, 5.41) is 2.62. The van der Waals surface area contributed by atoms with Gasteiger partial charge in [0.1, 0.15) is 0 Å². The average Bonchev–Trinajstić information content (AvgIpc) is 3.49. The van der Waals surface area contributed by atoms with Crippen LogP contribution < -0.4 is 0 Å². The molecule has 9 aromatic rings. The van der Waals surface area contributed by atoms with Gasteiger partial charge in [-0.2, -0.15) is 0 Å². The molecule has 0 saturated carbocycles. The van der Waals surface area contributed by atoms with Crippen molar-refractivity contribution in [2.45, 2.75) is 19.3 Å². The Balaban J connectivity index is 0.978. The van der Waals surface area contributed by atoms with Gasteiger partial charge in [-0.05, 0) is 84.6 Å². The molecule has 0 N–H and O–H groups in total. The highest BCUT2D eigenvalue weighted by molar-refractivity contribution is 6.02. The predicted molar refractivity (Wildman–Crippen MR) is 230 cm³/mol. The maximum absolute atomic E-state index is 5.15. The Morgan fingerprint density at radius 1 is 0.345 bits per heavy atom. The van der Waals surface area contributed by atoms with E-state index < -0.39 is 0 Å². The van der Waals surface area contributed by atoms with E-state index in [0.29, 0.717) is 5.82 Å². The zero-order valence-corrected chi connectivity index (χ0v) is 30.9. The van der Waals surface area contributed by atoms with Crippen LogP contribution in [0.2, 0.25) is 0 Å². The Kier molecular flexibility index (Phi) is 7.85. The second-order valence-electron chi connectivity index (χ2n) is 15.0. The number of benzene rings is 8. The molecule has 0 bridgehead atoms. The van der Waals surface area contributed by atoms with Gasteiger partial charge < -0.3 is 0 Å². The number of hydrogen-bond donors (Lipinski definition) is 0. The summed E-state index contributed by atoms with van der Waals surface area (Å²) in [6.45, 7) is 4.72. The first-order valence-corrected chi connectivity index (χ1v) is 19.0. The van der Waals surface area contributed by atoms with Crippen molar-refractivity contribution in [2.24, 2.45) is 0 Å². The smallest absolute Gasteiger partial charge is 0.160 e. The summed E-state index contributed by atoms with van der Waals surface area (Å²) in [4.78, 5) is 10.2. The SMILES string of the molecule is CC1(C)c2cc(-c3ccc(-c4cccc(-c5cc(-c6ccccc6)nc(-c6ccc(-c7ccccc7)cc6)n5)c4)cc3)ccc2-c2c1ccc1ccccc21. The molecule has 0 spiro atoms. The third-order valence-electron chi connectivity index (χ3n) is 11.3. The van der Waals surface area contributed by atoms with Crippen LogP contribution in [0.4, 0.5) is 0 Å². The van der Waals surface area contributed by atoms with Crippen molar-refractivity contribution in [1.82, 2.24) is 9.97 Å². The Hall–Kier alpha value is -6.90. The zero-order chi connectivity index (χ0) is 36.9. The maximum atomic E-state index is 5.15. The van der Waals surface area contributed by atoms with Gasteiger partial charge in [-0.15, -0.1) is 0 Å². The highest BCUT2D eigenvalue weighted by atomic mass is 14.9. The fourth-order valence-corrected chi connectivity index (χ4v) is 8.32. The number of aromatic nitrogens is 2. The molecule has 0 aliphatic heterocycles. The van der Waals surface area contributed by atoms with Gasteiger partial charge in [0.2, 0.25) is 0 Å². The molecule has 1 heterocycles. The van der Waals surface area contributed by atoms with E-state index in [4.69, 9.17) is 9.97 Å². The van der Waals surface area contributed by atoms with E-state index in [-0.39, 0.29) is 5.41 Å². The molecule has 0 saturated heterocycles. The molecule has 2 heteroatoms. The normalized spacial score (nSPS) is 12.7. The second-order valence-corrected chi connectivity index (χ2v) is 15.0. The van der Waals surface area contributed by atoms with E-state index in [1.165, 1.54) is 60.8 Å². The summed E-state index contributed by atoms with van der Waals surface area (Å²) in [6.07, 6.45) is 0. The highest BCUT2D eigenvalue weighted by Gasteiger charge is 2.36. The Labute approximate surface area is 322 Å². The van der Waals surface area contributed by atoms with Crippen LogP contribution in [0.3, 0.4) is 0 Å². The van der Waals surface area contributed by atoms with Crippen molar-refractivity contribution in [2.75, 3.05) is 0 Å². The predicted octanol–water partition coefficient (Wildman–Crippen LogP) is 13.9. The summed E-state index contributed by atoms with van der Waals surface area (Å²) >= 11 is 0. The first kappa shape index (κ1) is 32.7. The molecule has 0 fully saturated rings. The first-order chi connectivity index (χ1) is 27.0. The molecular formula is C53H38N2. The number of rotatable bonds is 6. The highest BCUT2D eigenvalue weighted by Crippen LogP contribution is 2.52. The zero-order valence-electron chi connectivity index (χ0n) is 30.9. The lowest BCUT2D eigenvalue weighted by atomic mass is 9.81. The van der Waals surface area contributed by atoms with Gasteiger partial charge in [-0.3, -0.25) is 0 Å². The summed E-state index contributed by atoms with van der Waals surface area (Å²) < 4.78 is 0. The Morgan fingerprint density at radius 3 is 1.56 bits per heavy atom. The number of nitrogens with zero attached hydrogens (tertiary/aromatic N) is 2. The molecule has 0 radical (unpaired) electrons. The summed E-state index contributed by atoms with van der Waals surface area (Å²) in [5.74, 6) is 0.708. The van der Waals surface area contributed by atoms with Crippen LogP contribution >= 0.6 is 0 Å². The van der Waals surface area contributed by atoms with Gasteiger partial charge in [0.15, 0.2) is 5.82 Å². The van der Waals surface area contributed by atoms with Gasteiger partial charge >= 0.3 is 0 Å². The van der Waals surface area contributed by atoms with Crippen LogP contribution in [0.25, 0.3) is 89.2 Å². The van der Waals surface area contributed by atoms with E-state index in [2.05, 4.69) is 196 Å². The molecular weight excluding hydrogens is 665 g/mol. The summed E-state index contributed by atoms with van der Waals surface area (Å²) in [6, 6.07) is 69.5. The monoisotopic (exact) mass is 702 g/mol. The molecule has 2 nitrogen and oxygen atoms in total. The van der Waals surface area contributed by atoms with Crippen molar-refractivity contribution in [3.05, 3.63) is 205 Å². The van der Waals surface area contributed by atoms with Crippen LogP contribution in [0.5, 0.6) is 0 Å². The lowest BCUT2D eigenvalue weighted by molar-refractivity contribution is 0.661. The first-order valence-electron chi connectivity index (χ1n) is 19.0. The molecule has 10 rings (SSSR count). The number of fused-ring (bicyclic) bond motifs is 5. The van der Waals surface area contributed by atoms with Crippen molar-refractivity contribution in [3.8, 4) is 78.4 Å². The van der Waals surface area contributed by atoms with Crippen molar-refractivity contribution < 1.29 is 0 Å². The average molecular weight is 703 g/mol. The Morgan fingerprint density at radius 2 is 0.855 bits per heavy atom. The van der Waals surface area contributed by atoms with Crippen LogP contribution in [-0.2, 0) is 5.41 Å².